The van der Waals surface area contributed by atoms with E-state index in [1.165, 1.54) is 0 Å². The Labute approximate surface area is 107 Å². The molecule has 1 rings (SSSR count). The fourth-order valence-corrected chi connectivity index (χ4v) is 1.99. The number of rotatable bonds is 6. The highest BCUT2D eigenvalue weighted by Gasteiger charge is 2.07. The van der Waals surface area contributed by atoms with Gasteiger partial charge in [-0.1, -0.05) is 6.07 Å². The minimum absolute atomic E-state index is 0.590. The first-order valence-corrected chi connectivity index (χ1v) is 6.31. The lowest BCUT2D eigenvalue weighted by atomic mass is 10.2. The molecule has 16 heavy (non-hydrogen) atoms. The van der Waals surface area contributed by atoms with Crippen LogP contribution in [0.1, 0.15) is 5.56 Å². The monoisotopic (exact) mass is 261 g/mol. The molecule has 0 saturated carbocycles. The second-order valence-corrected chi connectivity index (χ2v) is 4.27. The van der Waals surface area contributed by atoms with Gasteiger partial charge in [-0.3, -0.25) is 0 Å². The van der Waals surface area contributed by atoms with Gasteiger partial charge in [-0.2, -0.15) is 0 Å². The summed E-state index contributed by atoms with van der Waals surface area (Å²) in [5, 5.41) is 0. The molecule has 0 heterocycles. The molecule has 0 aliphatic heterocycles. The molecule has 0 aromatic heterocycles. The molecule has 0 unspecified atom stereocenters. The van der Waals surface area contributed by atoms with Gasteiger partial charge in [-0.25, -0.2) is 0 Å². The number of nitrogens with zero attached hydrogens (tertiary/aromatic N) is 1. The van der Waals surface area contributed by atoms with Gasteiger partial charge in [0, 0.05) is 36.6 Å². The number of halogens is 2. The van der Waals surface area contributed by atoms with Crippen molar-refractivity contribution in [2.45, 2.75) is 6.92 Å². The van der Waals surface area contributed by atoms with Crippen LogP contribution < -0.4 is 9.64 Å². The predicted octanol–water partition coefficient (Wildman–Crippen LogP) is 3.29. The summed E-state index contributed by atoms with van der Waals surface area (Å²) in [6.45, 7) is 3.61. The van der Waals surface area contributed by atoms with Gasteiger partial charge in [0.2, 0.25) is 0 Å². The average Bonchev–Trinajstić information content (AvgIpc) is 2.29. The zero-order chi connectivity index (χ0) is 12.0. The van der Waals surface area contributed by atoms with Crippen molar-refractivity contribution in [3.63, 3.8) is 0 Å². The third-order valence-electron chi connectivity index (χ3n) is 2.47. The molecule has 0 N–H and O–H groups in total. The highest BCUT2D eigenvalue weighted by Crippen LogP contribution is 2.24. The van der Waals surface area contributed by atoms with E-state index < -0.39 is 0 Å². The number of aryl methyl sites for hydroxylation is 1. The van der Waals surface area contributed by atoms with E-state index in [1.807, 2.05) is 19.1 Å². The predicted molar refractivity (Wildman–Crippen MR) is 71.4 cm³/mol. The SMILES string of the molecule is COc1cc(N(CCCl)CCCl)ccc1C. The van der Waals surface area contributed by atoms with Crippen molar-refractivity contribution in [3.05, 3.63) is 23.8 Å². The molecule has 0 bridgehead atoms. The molecule has 1 aromatic carbocycles. The summed E-state index contributed by atoms with van der Waals surface area (Å²) < 4.78 is 5.30. The lowest BCUT2D eigenvalue weighted by Gasteiger charge is -2.23. The molecule has 90 valence electrons. The van der Waals surface area contributed by atoms with Crippen LogP contribution in [-0.2, 0) is 0 Å². The zero-order valence-corrected chi connectivity index (χ0v) is 11.2. The van der Waals surface area contributed by atoms with Crippen molar-refractivity contribution < 1.29 is 4.74 Å². The second-order valence-electron chi connectivity index (χ2n) is 3.52. The Morgan fingerprint density at radius 3 is 2.31 bits per heavy atom. The first kappa shape index (κ1) is 13.5. The number of anilines is 1. The van der Waals surface area contributed by atoms with Crippen LogP contribution in [0.15, 0.2) is 18.2 Å². The van der Waals surface area contributed by atoms with Gasteiger partial charge in [0.15, 0.2) is 0 Å². The lowest BCUT2D eigenvalue weighted by Crippen LogP contribution is -2.27. The van der Waals surface area contributed by atoms with Crippen molar-refractivity contribution in [1.29, 1.82) is 0 Å². The summed E-state index contributed by atoms with van der Waals surface area (Å²) in [7, 11) is 1.68. The molecule has 0 amide bonds. The number of ether oxygens (including phenoxy) is 1. The Hall–Kier alpha value is -0.600. The fourth-order valence-electron chi connectivity index (χ4n) is 1.58. The molecule has 0 atom stereocenters. The Morgan fingerprint density at radius 1 is 1.19 bits per heavy atom. The molecular weight excluding hydrogens is 245 g/mol. The van der Waals surface area contributed by atoms with Crippen LogP contribution in [-0.4, -0.2) is 32.0 Å². The van der Waals surface area contributed by atoms with Crippen molar-refractivity contribution in [2.24, 2.45) is 0 Å². The minimum atomic E-state index is 0.590. The zero-order valence-electron chi connectivity index (χ0n) is 9.67. The molecule has 0 fully saturated rings. The van der Waals surface area contributed by atoms with E-state index in [2.05, 4.69) is 11.0 Å². The van der Waals surface area contributed by atoms with Gasteiger partial charge in [-0.05, 0) is 18.6 Å². The largest absolute Gasteiger partial charge is 0.496 e. The van der Waals surface area contributed by atoms with Gasteiger partial charge in [-0.15, -0.1) is 23.2 Å². The van der Waals surface area contributed by atoms with Gasteiger partial charge in [0.25, 0.3) is 0 Å². The van der Waals surface area contributed by atoms with E-state index >= 15 is 0 Å². The van der Waals surface area contributed by atoms with E-state index in [1.54, 1.807) is 7.11 Å². The van der Waals surface area contributed by atoms with E-state index in [0.717, 1.165) is 30.1 Å². The lowest BCUT2D eigenvalue weighted by molar-refractivity contribution is 0.411. The summed E-state index contributed by atoms with van der Waals surface area (Å²) in [6.07, 6.45) is 0. The average molecular weight is 262 g/mol. The Balaban J connectivity index is 2.90. The number of alkyl halides is 2. The van der Waals surface area contributed by atoms with Gasteiger partial charge in [0.05, 0.1) is 7.11 Å². The molecule has 0 radical (unpaired) electrons. The quantitative estimate of drug-likeness (QED) is 0.729. The van der Waals surface area contributed by atoms with Crippen LogP contribution in [0.3, 0.4) is 0 Å². The van der Waals surface area contributed by atoms with Crippen LogP contribution in [0.4, 0.5) is 5.69 Å². The van der Waals surface area contributed by atoms with E-state index in [9.17, 15) is 0 Å². The summed E-state index contributed by atoms with van der Waals surface area (Å²) >= 11 is 11.5. The van der Waals surface area contributed by atoms with Crippen molar-refractivity contribution >= 4 is 28.9 Å². The smallest absolute Gasteiger partial charge is 0.123 e. The maximum absolute atomic E-state index is 5.77. The summed E-state index contributed by atoms with van der Waals surface area (Å²) in [5.41, 5.74) is 2.23. The summed E-state index contributed by atoms with van der Waals surface area (Å²) in [4.78, 5) is 2.15. The van der Waals surface area contributed by atoms with Gasteiger partial charge < -0.3 is 9.64 Å². The molecule has 0 aliphatic carbocycles. The maximum Gasteiger partial charge on any atom is 0.123 e. The van der Waals surface area contributed by atoms with E-state index in [4.69, 9.17) is 27.9 Å². The van der Waals surface area contributed by atoms with Crippen molar-refractivity contribution in [2.75, 3.05) is 36.9 Å². The fraction of sp³-hybridized carbons (Fsp3) is 0.500. The molecule has 0 spiro atoms. The molecule has 2 nitrogen and oxygen atoms in total. The van der Waals surface area contributed by atoms with E-state index in [0.29, 0.717) is 11.8 Å². The molecule has 1 aromatic rings. The minimum Gasteiger partial charge on any atom is -0.496 e. The normalized spacial score (nSPS) is 10.2. The third kappa shape index (κ3) is 3.46. The number of benzene rings is 1. The first-order valence-electron chi connectivity index (χ1n) is 5.24. The molecule has 4 heteroatoms. The Bertz CT molecular complexity index is 325. The number of methoxy groups -OCH3 is 1. The standard InChI is InChI=1S/C12H17Cl2NO/c1-10-3-4-11(9-12(10)16-2)15(7-5-13)8-6-14/h3-4,9H,5-8H2,1-2H3. The Kier molecular flexibility index (Phi) is 5.78. The topological polar surface area (TPSA) is 12.5 Å². The van der Waals surface area contributed by atoms with Crippen molar-refractivity contribution in [1.82, 2.24) is 0 Å². The maximum atomic E-state index is 5.77. The number of hydrogen-bond acceptors (Lipinski definition) is 2. The van der Waals surface area contributed by atoms with Crippen LogP contribution in [0, 0.1) is 6.92 Å². The first-order chi connectivity index (χ1) is 7.72. The molecule has 0 saturated heterocycles. The van der Waals surface area contributed by atoms with Crippen LogP contribution in [0.25, 0.3) is 0 Å². The van der Waals surface area contributed by atoms with Crippen molar-refractivity contribution in [3.8, 4) is 5.75 Å². The van der Waals surface area contributed by atoms with Gasteiger partial charge >= 0.3 is 0 Å². The van der Waals surface area contributed by atoms with Crippen LogP contribution in [0.2, 0.25) is 0 Å². The highest BCUT2D eigenvalue weighted by atomic mass is 35.5. The number of hydrogen-bond donors (Lipinski definition) is 0. The molecular formula is C12H17Cl2NO. The van der Waals surface area contributed by atoms with E-state index in [-0.39, 0.29) is 0 Å². The highest BCUT2D eigenvalue weighted by molar-refractivity contribution is 6.18. The van der Waals surface area contributed by atoms with Gasteiger partial charge in [0.1, 0.15) is 5.75 Å². The van der Waals surface area contributed by atoms with Crippen LogP contribution in [0.5, 0.6) is 5.75 Å². The third-order valence-corrected chi connectivity index (χ3v) is 2.80. The van der Waals surface area contributed by atoms with Crippen LogP contribution >= 0.6 is 23.2 Å². The molecule has 0 aliphatic rings. The summed E-state index contributed by atoms with van der Waals surface area (Å²) in [6, 6.07) is 6.13. The second kappa shape index (κ2) is 6.87. The summed E-state index contributed by atoms with van der Waals surface area (Å²) in [5.74, 6) is 2.08. The Morgan fingerprint density at radius 2 is 1.81 bits per heavy atom.